The molecule has 0 radical (unpaired) electrons. The van der Waals surface area contributed by atoms with Gasteiger partial charge in [0.1, 0.15) is 6.61 Å². The first-order chi connectivity index (χ1) is 14.2. The quantitative estimate of drug-likeness (QED) is 0.658. The van der Waals surface area contributed by atoms with Gasteiger partial charge in [-0.1, -0.05) is 12.1 Å². The van der Waals surface area contributed by atoms with Gasteiger partial charge in [0, 0.05) is 31.9 Å². The first-order valence-electron chi connectivity index (χ1n) is 9.92. The van der Waals surface area contributed by atoms with E-state index in [-0.39, 0.29) is 30.6 Å². The van der Waals surface area contributed by atoms with Gasteiger partial charge in [0.25, 0.3) is 0 Å². The SMILES string of the molecule is C[C@H]1CN(S(=O)(=O)CCNC(=O)Nc2cccc(CN3CCOC3=O)c2)C[C@H](C)O1. The number of urea groups is 1. The van der Waals surface area contributed by atoms with E-state index in [9.17, 15) is 18.0 Å². The van der Waals surface area contributed by atoms with Crippen LogP contribution in [0.1, 0.15) is 19.4 Å². The number of nitrogens with one attached hydrogen (secondary N) is 2. The number of nitrogens with zero attached hydrogens (tertiary/aromatic N) is 2. The molecular weight excluding hydrogens is 412 g/mol. The molecule has 2 saturated heterocycles. The molecule has 11 heteroatoms. The van der Waals surface area contributed by atoms with Crippen LogP contribution in [-0.2, 0) is 26.0 Å². The molecule has 0 spiro atoms. The fourth-order valence-corrected chi connectivity index (χ4v) is 4.99. The van der Waals surface area contributed by atoms with E-state index in [1.54, 1.807) is 23.1 Å². The minimum absolute atomic E-state index is 0.00635. The molecule has 0 saturated carbocycles. The minimum atomic E-state index is -3.48. The summed E-state index contributed by atoms with van der Waals surface area (Å²) in [5, 5.41) is 5.26. The van der Waals surface area contributed by atoms with E-state index in [0.717, 1.165) is 5.56 Å². The average Bonchev–Trinajstić information content (AvgIpc) is 3.05. The highest BCUT2D eigenvalue weighted by Gasteiger charge is 2.30. The number of carbonyl (C=O) groups excluding carboxylic acids is 2. The molecule has 2 atom stereocenters. The largest absolute Gasteiger partial charge is 0.448 e. The van der Waals surface area contributed by atoms with Crippen LogP contribution in [0.4, 0.5) is 15.3 Å². The lowest BCUT2D eigenvalue weighted by Crippen LogP contribution is -2.49. The molecule has 2 N–H and O–H groups in total. The zero-order valence-electron chi connectivity index (χ0n) is 17.2. The first kappa shape index (κ1) is 22.3. The van der Waals surface area contributed by atoms with E-state index in [1.807, 2.05) is 19.9 Å². The molecule has 0 bridgehead atoms. The van der Waals surface area contributed by atoms with Gasteiger partial charge in [-0.2, -0.15) is 4.31 Å². The van der Waals surface area contributed by atoms with Gasteiger partial charge in [0.2, 0.25) is 10.0 Å². The maximum atomic E-state index is 12.5. The molecule has 2 aliphatic rings. The van der Waals surface area contributed by atoms with E-state index in [2.05, 4.69) is 10.6 Å². The summed E-state index contributed by atoms with van der Waals surface area (Å²) in [6.07, 6.45) is -0.666. The van der Waals surface area contributed by atoms with Crippen molar-refractivity contribution in [2.75, 3.05) is 43.9 Å². The fraction of sp³-hybridized carbons (Fsp3) is 0.579. The van der Waals surface area contributed by atoms with Crippen molar-refractivity contribution >= 4 is 27.8 Å². The third-order valence-corrected chi connectivity index (χ3v) is 6.63. The number of cyclic esters (lactones) is 1. The van der Waals surface area contributed by atoms with Crippen molar-refractivity contribution in [1.29, 1.82) is 0 Å². The van der Waals surface area contributed by atoms with Crippen LogP contribution in [-0.4, -0.2) is 80.5 Å². The Morgan fingerprint density at radius 3 is 2.63 bits per heavy atom. The molecule has 2 heterocycles. The number of hydrogen-bond acceptors (Lipinski definition) is 6. The maximum absolute atomic E-state index is 12.5. The van der Waals surface area contributed by atoms with Crippen molar-refractivity contribution < 1.29 is 27.5 Å². The highest BCUT2D eigenvalue weighted by atomic mass is 32.2. The zero-order valence-corrected chi connectivity index (χ0v) is 18.0. The molecule has 30 heavy (non-hydrogen) atoms. The third-order valence-electron chi connectivity index (χ3n) is 4.83. The van der Waals surface area contributed by atoms with Crippen LogP contribution in [0.15, 0.2) is 24.3 Å². The average molecular weight is 441 g/mol. The van der Waals surface area contributed by atoms with Crippen LogP contribution < -0.4 is 10.6 Å². The van der Waals surface area contributed by atoms with Crippen molar-refractivity contribution in [3.63, 3.8) is 0 Å². The highest BCUT2D eigenvalue weighted by Crippen LogP contribution is 2.16. The Labute approximate surface area is 176 Å². The van der Waals surface area contributed by atoms with E-state index in [4.69, 9.17) is 9.47 Å². The molecule has 2 fully saturated rings. The smallest absolute Gasteiger partial charge is 0.410 e. The number of ether oxygens (including phenoxy) is 2. The number of rotatable bonds is 7. The second-order valence-electron chi connectivity index (χ2n) is 7.51. The predicted molar refractivity (Wildman–Crippen MR) is 111 cm³/mol. The lowest BCUT2D eigenvalue weighted by molar-refractivity contribution is -0.0440. The van der Waals surface area contributed by atoms with Gasteiger partial charge in [0.05, 0.1) is 24.5 Å². The number of morpholine rings is 1. The molecule has 3 amide bonds. The second-order valence-corrected chi connectivity index (χ2v) is 9.60. The summed E-state index contributed by atoms with van der Waals surface area (Å²) < 4.78 is 36.9. The van der Waals surface area contributed by atoms with Crippen molar-refractivity contribution in [3.05, 3.63) is 29.8 Å². The number of benzene rings is 1. The van der Waals surface area contributed by atoms with Crippen LogP contribution in [0.25, 0.3) is 0 Å². The molecule has 1 aromatic carbocycles. The number of amides is 3. The normalized spacial score (nSPS) is 22.6. The van der Waals surface area contributed by atoms with Crippen LogP contribution in [0.5, 0.6) is 0 Å². The molecule has 0 aromatic heterocycles. The molecule has 0 aliphatic carbocycles. The summed E-state index contributed by atoms with van der Waals surface area (Å²) in [7, 11) is -3.48. The van der Waals surface area contributed by atoms with Crippen LogP contribution in [0.3, 0.4) is 0 Å². The Morgan fingerprint density at radius 1 is 1.23 bits per heavy atom. The van der Waals surface area contributed by atoms with Gasteiger partial charge in [-0.3, -0.25) is 0 Å². The van der Waals surface area contributed by atoms with Gasteiger partial charge < -0.3 is 25.0 Å². The van der Waals surface area contributed by atoms with Gasteiger partial charge in [-0.15, -0.1) is 0 Å². The monoisotopic (exact) mass is 440 g/mol. The van der Waals surface area contributed by atoms with E-state index in [1.165, 1.54) is 4.31 Å². The van der Waals surface area contributed by atoms with Crippen LogP contribution in [0, 0.1) is 0 Å². The summed E-state index contributed by atoms with van der Waals surface area (Å²) in [6.45, 7) is 5.61. The molecule has 3 rings (SSSR count). The summed E-state index contributed by atoms with van der Waals surface area (Å²) >= 11 is 0. The van der Waals surface area contributed by atoms with Crippen molar-refractivity contribution in [2.24, 2.45) is 0 Å². The fourth-order valence-electron chi connectivity index (χ4n) is 3.49. The topological polar surface area (TPSA) is 117 Å². The van der Waals surface area contributed by atoms with Gasteiger partial charge >= 0.3 is 12.1 Å². The van der Waals surface area contributed by atoms with E-state index in [0.29, 0.717) is 38.5 Å². The number of sulfonamides is 1. The summed E-state index contributed by atoms with van der Waals surface area (Å²) in [4.78, 5) is 25.3. The molecule has 1 aromatic rings. The minimum Gasteiger partial charge on any atom is -0.448 e. The summed E-state index contributed by atoms with van der Waals surface area (Å²) in [6, 6.07) is 6.62. The maximum Gasteiger partial charge on any atom is 0.410 e. The number of carbonyl (C=O) groups is 2. The summed E-state index contributed by atoms with van der Waals surface area (Å²) in [5.41, 5.74) is 1.40. The highest BCUT2D eigenvalue weighted by molar-refractivity contribution is 7.89. The molecule has 10 nitrogen and oxygen atoms in total. The first-order valence-corrected chi connectivity index (χ1v) is 11.5. The van der Waals surface area contributed by atoms with Crippen molar-refractivity contribution in [1.82, 2.24) is 14.5 Å². The molecule has 2 aliphatic heterocycles. The van der Waals surface area contributed by atoms with E-state index >= 15 is 0 Å². The molecular formula is C19H28N4O6S. The van der Waals surface area contributed by atoms with Gasteiger partial charge in [-0.25, -0.2) is 18.0 Å². The van der Waals surface area contributed by atoms with E-state index < -0.39 is 16.1 Å². The Bertz CT molecular complexity index is 868. The Hall–Kier alpha value is -2.37. The third kappa shape index (κ3) is 6.07. The predicted octanol–water partition coefficient (Wildman–Crippen LogP) is 1.20. The zero-order chi connectivity index (χ0) is 21.7. The van der Waals surface area contributed by atoms with Gasteiger partial charge in [0.15, 0.2) is 0 Å². The van der Waals surface area contributed by atoms with Crippen molar-refractivity contribution in [2.45, 2.75) is 32.6 Å². The standard InChI is InChI=1S/C19H28N4O6S/c1-14-11-23(12-15(2)29-14)30(26,27)9-6-20-18(24)21-17-5-3-4-16(10-17)13-22-7-8-28-19(22)25/h3-5,10,14-15H,6-9,11-13H2,1-2H3,(H2,20,21,24)/t14-,15-/m0/s1. The second kappa shape index (κ2) is 9.63. The Morgan fingerprint density at radius 2 is 1.97 bits per heavy atom. The lowest BCUT2D eigenvalue weighted by atomic mass is 10.2. The molecule has 166 valence electrons. The van der Waals surface area contributed by atoms with Gasteiger partial charge in [-0.05, 0) is 31.5 Å². The summed E-state index contributed by atoms with van der Waals surface area (Å²) in [5.74, 6) is -0.184. The molecule has 0 unspecified atom stereocenters. The number of hydrogen-bond donors (Lipinski definition) is 2. The number of anilines is 1. The lowest BCUT2D eigenvalue weighted by Gasteiger charge is -2.34. The van der Waals surface area contributed by atoms with Crippen LogP contribution >= 0.6 is 0 Å². The van der Waals surface area contributed by atoms with Crippen LogP contribution in [0.2, 0.25) is 0 Å². The Balaban J connectivity index is 1.46. The van der Waals surface area contributed by atoms with Crippen molar-refractivity contribution in [3.8, 4) is 0 Å². The Kier molecular flexibility index (Phi) is 7.16.